The van der Waals surface area contributed by atoms with Crippen LogP contribution in [0.5, 0.6) is 0 Å². The maximum absolute atomic E-state index is 5.74. The zero-order valence-corrected chi connectivity index (χ0v) is 8.84. The van der Waals surface area contributed by atoms with Gasteiger partial charge in [0.2, 0.25) is 0 Å². The smallest absolute Gasteiger partial charge is 0.0862 e. The lowest BCUT2D eigenvalue weighted by atomic mass is 10.1. The van der Waals surface area contributed by atoms with Crippen LogP contribution in [0.1, 0.15) is 0 Å². The fourth-order valence-corrected chi connectivity index (χ4v) is 2.58. The van der Waals surface area contributed by atoms with Gasteiger partial charge in [-0.15, -0.1) is 11.3 Å². The van der Waals surface area contributed by atoms with Gasteiger partial charge in [-0.05, 0) is 18.2 Å². The second-order valence-electron chi connectivity index (χ2n) is 3.45. The third-order valence-corrected chi connectivity index (χ3v) is 3.43. The molecule has 0 aliphatic rings. The van der Waals surface area contributed by atoms with Crippen molar-refractivity contribution in [2.45, 2.75) is 0 Å². The highest BCUT2D eigenvalue weighted by molar-refractivity contribution is 7.19. The molecule has 0 atom stereocenters. The first-order valence-electron chi connectivity index (χ1n) is 4.76. The Morgan fingerprint density at radius 1 is 1.07 bits per heavy atom. The molecule has 2 heterocycles. The van der Waals surface area contributed by atoms with Crippen LogP contribution >= 0.6 is 11.3 Å². The fourth-order valence-electron chi connectivity index (χ4n) is 1.77. The lowest BCUT2D eigenvalue weighted by molar-refractivity contribution is 1.48. The number of nitrogen functional groups attached to an aromatic ring is 1. The number of hydrogen-bond acceptors (Lipinski definition) is 2. The predicted molar refractivity (Wildman–Crippen MR) is 66.0 cm³/mol. The highest BCUT2D eigenvalue weighted by Crippen LogP contribution is 2.34. The summed E-state index contributed by atoms with van der Waals surface area (Å²) in [7, 11) is 0. The summed E-state index contributed by atoms with van der Waals surface area (Å²) in [5, 5.41) is 2.11. The molecule has 2 nitrogen and oxygen atoms in total. The van der Waals surface area contributed by atoms with Crippen molar-refractivity contribution < 1.29 is 0 Å². The number of nitrogens with two attached hydrogens (primary N) is 1. The zero-order valence-electron chi connectivity index (χ0n) is 8.03. The van der Waals surface area contributed by atoms with Crippen LogP contribution in [0.15, 0.2) is 42.6 Å². The third-order valence-electron chi connectivity index (χ3n) is 2.48. The van der Waals surface area contributed by atoms with Crippen LogP contribution in [-0.2, 0) is 0 Å². The Kier molecular flexibility index (Phi) is 1.79. The average molecular weight is 214 g/mol. The summed E-state index contributed by atoms with van der Waals surface area (Å²) >= 11 is 1.62. The van der Waals surface area contributed by atoms with Crippen molar-refractivity contribution in [2.75, 3.05) is 5.73 Å². The molecule has 0 radical (unpaired) electrons. The molecule has 0 bridgehead atoms. The Balaban J connectivity index is 2.27. The van der Waals surface area contributed by atoms with Gasteiger partial charge in [-0.1, -0.05) is 18.2 Å². The molecule has 2 aromatic heterocycles. The second kappa shape index (κ2) is 3.14. The second-order valence-corrected chi connectivity index (χ2v) is 4.57. The average Bonchev–Trinajstić information content (AvgIpc) is 2.83. The molecule has 74 valence electrons. The fraction of sp³-hybridized carbons (Fsp3) is 0. The molecule has 0 aliphatic heterocycles. The topological polar surface area (TPSA) is 41.8 Å². The number of rotatable bonds is 1. The van der Waals surface area contributed by atoms with E-state index in [1.165, 1.54) is 21.3 Å². The molecule has 3 rings (SSSR count). The highest BCUT2D eigenvalue weighted by Gasteiger charge is 2.06. The Morgan fingerprint density at radius 3 is 2.73 bits per heavy atom. The quantitative estimate of drug-likeness (QED) is 0.639. The normalized spacial score (nSPS) is 10.9. The van der Waals surface area contributed by atoms with E-state index in [1.807, 2.05) is 18.3 Å². The molecule has 0 spiro atoms. The molecule has 0 saturated carbocycles. The lowest BCUT2D eigenvalue weighted by Crippen LogP contribution is -1.72. The highest BCUT2D eigenvalue weighted by atomic mass is 32.1. The molecule has 3 heteroatoms. The Bertz CT molecular complexity index is 607. The monoisotopic (exact) mass is 214 g/mol. The molecule has 15 heavy (non-hydrogen) atoms. The number of benzene rings is 1. The van der Waals surface area contributed by atoms with Gasteiger partial charge in [0.05, 0.1) is 5.00 Å². The van der Waals surface area contributed by atoms with E-state index in [9.17, 15) is 0 Å². The minimum absolute atomic E-state index is 0.857. The molecule has 0 fully saturated rings. The van der Waals surface area contributed by atoms with Gasteiger partial charge in [-0.2, -0.15) is 0 Å². The molecule has 3 aromatic rings. The first kappa shape index (κ1) is 8.56. The van der Waals surface area contributed by atoms with Gasteiger partial charge in [0, 0.05) is 27.5 Å². The number of thiophene rings is 1. The maximum atomic E-state index is 5.74. The Hall–Kier alpha value is -1.74. The maximum Gasteiger partial charge on any atom is 0.0862 e. The molecule has 0 amide bonds. The standard InChI is InChI=1S/C12H10N2S/c13-12-6-5-11(15-12)9-7-14-10-4-2-1-3-8(9)10/h1-7,14H,13H2. The Morgan fingerprint density at radius 2 is 1.93 bits per heavy atom. The Labute approximate surface area is 91.4 Å². The number of hydrogen-bond donors (Lipinski definition) is 2. The zero-order chi connectivity index (χ0) is 10.3. The van der Waals surface area contributed by atoms with Gasteiger partial charge in [-0.3, -0.25) is 0 Å². The van der Waals surface area contributed by atoms with Crippen molar-refractivity contribution in [1.29, 1.82) is 0 Å². The van der Waals surface area contributed by atoms with Gasteiger partial charge >= 0.3 is 0 Å². The van der Waals surface area contributed by atoms with Crippen LogP contribution < -0.4 is 5.73 Å². The van der Waals surface area contributed by atoms with Crippen LogP contribution in [0, 0.1) is 0 Å². The molecular formula is C12H10N2S. The summed E-state index contributed by atoms with van der Waals surface area (Å²) in [4.78, 5) is 4.47. The lowest BCUT2D eigenvalue weighted by Gasteiger charge is -1.93. The predicted octanol–water partition coefficient (Wildman–Crippen LogP) is 3.48. The van der Waals surface area contributed by atoms with Crippen LogP contribution in [0.25, 0.3) is 21.3 Å². The number of para-hydroxylation sites is 1. The first-order chi connectivity index (χ1) is 7.34. The van der Waals surface area contributed by atoms with E-state index in [2.05, 4.69) is 29.2 Å². The van der Waals surface area contributed by atoms with Crippen molar-refractivity contribution >= 4 is 27.2 Å². The number of fused-ring (bicyclic) bond motifs is 1. The number of aromatic amines is 1. The molecule has 1 aromatic carbocycles. The van der Waals surface area contributed by atoms with Gasteiger partial charge in [0.15, 0.2) is 0 Å². The molecule has 3 N–H and O–H groups in total. The summed E-state index contributed by atoms with van der Waals surface area (Å²) in [5.41, 5.74) is 8.13. The van der Waals surface area contributed by atoms with Crippen LogP contribution in [-0.4, -0.2) is 4.98 Å². The van der Waals surface area contributed by atoms with Crippen LogP contribution in [0.4, 0.5) is 5.00 Å². The summed E-state index contributed by atoms with van der Waals surface area (Å²) in [6, 6.07) is 12.3. The summed E-state index contributed by atoms with van der Waals surface area (Å²) < 4.78 is 0. The van der Waals surface area contributed by atoms with Crippen LogP contribution in [0.3, 0.4) is 0 Å². The van der Waals surface area contributed by atoms with Gasteiger partial charge < -0.3 is 10.7 Å². The van der Waals surface area contributed by atoms with Gasteiger partial charge in [0.1, 0.15) is 0 Å². The number of nitrogens with one attached hydrogen (secondary N) is 1. The summed E-state index contributed by atoms with van der Waals surface area (Å²) in [6.45, 7) is 0. The van der Waals surface area contributed by atoms with E-state index >= 15 is 0 Å². The van der Waals surface area contributed by atoms with E-state index in [0.717, 1.165) is 5.00 Å². The first-order valence-corrected chi connectivity index (χ1v) is 5.58. The van der Waals surface area contributed by atoms with E-state index in [-0.39, 0.29) is 0 Å². The van der Waals surface area contributed by atoms with E-state index in [0.29, 0.717) is 0 Å². The van der Waals surface area contributed by atoms with Crippen molar-refractivity contribution in [2.24, 2.45) is 0 Å². The van der Waals surface area contributed by atoms with Crippen molar-refractivity contribution in [1.82, 2.24) is 4.98 Å². The minimum Gasteiger partial charge on any atom is -0.391 e. The van der Waals surface area contributed by atoms with Crippen molar-refractivity contribution in [3.63, 3.8) is 0 Å². The SMILES string of the molecule is Nc1ccc(-c2c[nH]c3ccccc23)s1. The van der Waals surface area contributed by atoms with Gasteiger partial charge in [-0.25, -0.2) is 0 Å². The van der Waals surface area contributed by atoms with Crippen molar-refractivity contribution in [3.05, 3.63) is 42.6 Å². The largest absolute Gasteiger partial charge is 0.391 e. The molecular weight excluding hydrogens is 204 g/mol. The summed E-state index contributed by atoms with van der Waals surface area (Å²) in [6.07, 6.45) is 2.04. The van der Waals surface area contributed by atoms with Crippen LogP contribution in [0.2, 0.25) is 0 Å². The van der Waals surface area contributed by atoms with E-state index in [4.69, 9.17) is 5.73 Å². The number of H-pyrrole nitrogens is 1. The van der Waals surface area contributed by atoms with Gasteiger partial charge in [0.25, 0.3) is 0 Å². The van der Waals surface area contributed by atoms with E-state index in [1.54, 1.807) is 11.3 Å². The third kappa shape index (κ3) is 1.32. The molecule has 0 aliphatic carbocycles. The number of anilines is 1. The minimum atomic E-state index is 0.857. The van der Waals surface area contributed by atoms with Crippen molar-refractivity contribution in [3.8, 4) is 10.4 Å². The molecule has 0 unspecified atom stereocenters. The summed E-state index contributed by atoms with van der Waals surface area (Å²) in [5.74, 6) is 0. The number of aromatic nitrogens is 1. The molecule has 0 saturated heterocycles. The van der Waals surface area contributed by atoms with E-state index < -0.39 is 0 Å².